The lowest BCUT2D eigenvalue weighted by atomic mass is 10.2. The van der Waals surface area contributed by atoms with Gasteiger partial charge in [0.2, 0.25) is 0 Å². The van der Waals surface area contributed by atoms with Gasteiger partial charge in [0.1, 0.15) is 0 Å². The van der Waals surface area contributed by atoms with Crippen molar-refractivity contribution in [2.24, 2.45) is 0 Å². The monoisotopic (exact) mass is 232 g/mol. The molecule has 0 aromatic heterocycles. The normalized spacial score (nSPS) is 14.0. The fourth-order valence-corrected chi connectivity index (χ4v) is 2.39. The molecule has 0 aliphatic rings. The zero-order chi connectivity index (χ0) is 12.0. The molecule has 0 amide bonds. The predicted molar refractivity (Wildman–Crippen MR) is 70.7 cm³/mol. The average molecular weight is 232 g/mol. The van der Waals surface area contributed by atoms with Crippen LogP contribution in [0.3, 0.4) is 0 Å². The third-order valence-electron chi connectivity index (χ3n) is 2.06. The van der Waals surface area contributed by atoms with Crippen molar-refractivity contribution in [1.29, 1.82) is 0 Å². The third kappa shape index (κ3) is 3.31. The standard InChI is InChI=1S/C14H16OS/c1-4-6-13(7-5-2)16(15)14-10-8-12(3)9-11-14/h4-11H,1H2,2-3H3/b7-5-,13-6+. The van der Waals surface area contributed by atoms with Crippen molar-refractivity contribution in [2.75, 3.05) is 0 Å². The first-order chi connectivity index (χ1) is 7.69. The van der Waals surface area contributed by atoms with Gasteiger partial charge in [0.15, 0.2) is 0 Å². The summed E-state index contributed by atoms with van der Waals surface area (Å²) in [5, 5.41) is 0. The Kier molecular flexibility index (Phi) is 4.93. The number of hydrogen-bond acceptors (Lipinski definition) is 1. The lowest BCUT2D eigenvalue weighted by molar-refractivity contribution is 0.687. The molecular formula is C14H16OS. The van der Waals surface area contributed by atoms with E-state index in [0.29, 0.717) is 0 Å². The maximum Gasteiger partial charge on any atom is 0.0849 e. The maximum atomic E-state index is 12.2. The Labute approximate surface area is 99.7 Å². The van der Waals surface area contributed by atoms with Gasteiger partial charge in [-0.25, -0.2) is 4.21 Å². The van der Waals surface area contributed by atoms with E-state index in [1.807, 2.05) is 50.3 Å². The molecule has 0 N–H and O–H groups in total. The summed E-state index contributed by atoms with van der Waals surface area (Å²) in [6.07, 6.45) is 7.15. The van der Waals surface area contributed by atoms with Crippen LogP contribution in [-0.2, 0) is 10.8 Å². The first-order valence-corrected chi connectivity index (χ1v) is 6.28. The minimum Gasteiger partial charge on any atom is -0.249 e. The van der Waals surface area contributed by atoms with Gasteiger partial charge in [-0.05, 0) is 38.1 Å². The van der Waals surface area contributed by atoms with E-state index in [-0.39, 0.29) is 0 Å². The molecule has 0 saturated heterocycles. The second kappa shape index (κ2) is 6.23. The molecule has 0 aliphatic carbocycles. The Morgan fingerprint density at radius 1 is 1.31 bits per heavy atom. The highest BCUT2D eigenvalue weighted by atomic mass is 32.2. The number of rotatable bonds is 4. The van der Waals surface area contributed by atoms with Crippen molar-refractivity contribution in [3.63, 3.8) is 0 Å². The molecule has 0 bridgehead atoms. The van der Waals surface area contributed by atoms with E-state index >= 15 is 0 Å². The van der Waals surface area contributed by atoms with Crippen LogP contribution >= 0.6 is 0 Å². The van der Waals surface area contributed by atoms with Crippen molar-refractivity contribution in [1.82, 2.24) is 0 Å². The Hall–Kier alpha value is -1.41. The van der Waals surface area contributed by atoms with Crippen molar-refractivity contribution >= 4 is 10.8 Å². The molecule has 0 aliphatic heterocycles. The molecule has 0 heterocycles. The highest BCUT2D eigenvalue weighted by Crippen LogP contribution is 2.16. The lowest BCUT2D eigenvalue weighted by Gasteiger charge is -2.03. The predicted octanol–water partition coefficient (Wildman–Crippen LogP) is 3.75. The molecular weight excluding hydrogens is 216 g/mol. The molecule has 0 spiro atoms. The smallest absolute Gasteiger partial charge is 0.0849 e. The van der Waals surface area contributed by atoms with Crippen LogP contribution in [0.25, 0.3) is 0 Å². The maximum absolute atomic E-state index is 12.2. The summed E-state index contributed by atoms with van der Waals surface area (Å²) >= 11 is 0. The summed E-state index contributed by atoms with van der Waals surface area (Å²) in [5.74, 6) is 0. The fourth-order valence-electron chi connectivity index (χ4n) is 1.26. The van der Waals surface area contributed by atoms with Crippen LogP contribution in [0.15, 0.2) is 64.9 Å². The van der Waals surface area contributed by atoms with Crippen LogP contribution < -0.4 is 0 Å². The highest BCUT2D eigenvalue weighted by molar-refractivity contribution is 7.89. The number of hydrogen-bond donors (Lipinski definition) is 0. The van der Waals surface area contributed by atoms with Crippen molar-refractivity contribution < 1.29 is 4.21 Å². The Bertz CT molecular complexity index is 438. The van der Waals surface area contributed by atoms with Crippen LogP contribution in [0, 0.1) is 6.92 Å². The molecule has 0 saturated carbocycles. The summed E-state index contributed by atoms with van der Waals surface area (Å²) in [6.45, 7) is 7.55. The van der Waals surface area contributed by atoms with E-state index in [1.165, 1.54) is 5.56 Å². The highest BCUT2D eigenvalue weighted by Gasteiger charge is 2.06. The molecule has 1 atom stereocenters. The largest absolute Gasteiger partial charge is 0.249 e. The summed E-state index contributed by atoms with van der Waals surface area (Å²) in [6, 6.07) is 7.72. The molecule has 1 rings (SSSR count). The second-order valence-corrected chi connectivity index (χ2v) is 4.87. The van der Waals surface area contributed by atoms with Crippen LogP contribution in [-0.4, -0.2) is 4.21 Å². The van der Waals surface area contributed by atoms with E-state index in [2.05, 4.69) is 6.58 Å². The van der Waals surface area contributed by atoms with E-state index < -0.39 is 10.8 Å². The Morgan fingerprint density at radius 3 is 2.44 bits per heavy atom. The van der Waals surface area contributed by atoms with E-state index in [9.17, 15) is 4.21 Å². The number of allylic oxidation sites excluding steroid dienone is 4. The average Bonchev–Trinajstić information content (AvgIpc) is 2.29. The summed E-state index contributed by atoms with van der Waals surface area (Å²) in [7, 11) is -1.13. The first-order valence-electron chi connectivity index (χ1n) is 5.13. The summed E-state index contributed by atoms with van der Waals surface area (Å²) in [4.78, 5) is 1.58. The zero-order valence-electron chi connectivity index (χ0n) is 9.64. The van der Waals surface area contributed by atoms with Gasteiger partial charge in [0.25, 0.3) is 0 Å². The van der Waals surface area contributed by atoms with Gasteiger partial charge in [-0.2, -0.15) is 0 Å². The zero-order valence-corrected chi connectivity index (χ0v) is 10.5. The van der Waals surface area contributed by atoms with Crippen molar-refractivity contribution in [3.05, 3.63) is 65.6 Å². The van der Waals surface area contributed by atoms with Crippen LogP contribution in [0.2, 0.25) is 0 Å². The van der Waals surface area contributed by atoms with E-state index in [0.717, 1.165) is 9.80 Å². The molecule has 84 valence electrons. The van der Waals surface area contributed by atoms with Crippen molar-refractivity contribution in [2.45, 2.75) is 18.7 Å². The van der Waals surface area contributed by atoms with E-state index in [1.54, 1.807) is 12.2 Å². The molecule has 16 heavy (non-hydrogen) atoms. The Balaban J connectivity index is 3.04. The minimum atomic E-state index is -1.13. The van der Waals surface area contributed by atoms with Crippen molar-refractivity contribution in [3.8, 4) is 0 Å². The third-order valence-corrected chi connectivity index (χ3v) is 3.46. The summed E-state index contributed by atoms with van der Waals surface area (Å²) < 4.78 is 12.2. The van der Waals surface area contributed by atoms with Gasteiger partial charge < -0.3 is 0 Å². The molecule has 2 heteroatoms. The van der Waals surface area contributed by atoms with Gasteiger partial charge in [-0.15, -0.1) is 0 Å². The SMILES string of the molecule is C=C/C=C(\C=C/C)S(=O)c1ccc(C)cc1. The fraction of sp³-hybridized carbons (Fsp3) is 0.143. The molecule has 1 aromatic rings. The van der Waals surface area contributed by atoms with Crippen LogP contribution in [0.4, 0.5) is 0 Å². The molecule has 0 radical (unpaired) electrons. The number of benzene rings is 1. The van der Waals surface area contributed by atoms with Gasteiger partial charge >= 0.3 is 0 Å². The topological polar surface area (TPSA) is 17.1 Å². The van der Waals surface area contributed by atoms with Gasteiger partial charge in [0, 0.05) is 9.80 Å². The van der Waals surface area contributed by atoms with Gasteiger partial charge in [-0.1, -0.05) is 36.4 Å². The second-order valence-electron chi connectivity index (χ2n) is 3.39. The van der Waals surface area contributed by atoms with Gasteiger partial charge in [-0.3, -0.25) is 0 Å². The number of aryl methyl sites for hydroxylation is 1. The van der Waals surface area contributed by atoms with Gasteiger partial charge in [0.05, 0.1) is 10.8 Å². The minimum absolute atomic E-state index is 0.765. The van der Waals surface area contributed by atoms with E-state index in [4.69, 9.17) is 0 Å². The first kappa shape index (κ1) is 12.7. The van der Waals surface area contributed by atoms with Crippen LogP contribution in [0.1, 0.15) is 12.5 Å². The summed E-state index contributed by atoms with van der Waals surface area (Å²) in [5.41, 5.74) is 1.17. The Morgan fingerprint density at radius 2 is 1.94 bits per heavy atom. The molecule has 1 unspecified atom stereocenters. The molecule has 1 aromatic carbocycles. The lowest BCUT2D eigenvalue weighted by Crippen LogP contribution is -1.93. The quantitative estimate of drug-likeness (QED) is 0.723. The molecule has 1 nitrogen and oxygen atoms in total. The van der Waals surface area contributed by atoms with Crippen LogP contribution in [0.5, 0.6) is 0 Å². The molecule has 0 fully saturated rings.